The van der Waals surface area contributed by atoms with E-state index >= 15 is 0 Å². The Kier molecular flexibility index (Phi) is 2.68. The molecule has 2 rings (SSSR count). The van der Waals surface area contributed by atoms with Gasteiger partial charge in [-0.05, 0) is 17.9 Å². The minimum atomic E-state index is 0.189. The van der Waals surface area contributed by atoms with Crippen LogP contribution in [0.1, 0.15) is 21.7 Å². The highest BCUT2D eigenvalue weighted by Crippen LogP contribution is 2.23. The Bertz CT molecular complexity index is 356. The molecule has 1 aromatic rings. The molecule has 0 saturated heterocycles. The van der Waals surface area contributed by atoms with E-state index in [0.717, 1.165) is 31.5 Å². The van der Waals surface area contributed by atoms with Crippen molar-refractivity contribution >= 4 is 17.2 Å². The fraction of sp³-hybridized carbons (Fsp3) is 0.364. The summed E-state index contributed by atoms with van der Waals surface area (Å²) in [6, 6.07) is 1.93. The van der Waals surface area contributed by atoms with Gasteiger partial charge in [-0.15, -0.1) is 17.9 Å². The molecular weight excluding hydrogens is 194 g/mol. The van der Waals surface area contributed by atoms with Crippen molar-refractivity contribution < 1.29 is 4.79 Å². The van der Waals surface area contributed by atoms with Crippen molar-refractivity contribution in [3.05, 3.63) is 34.5 Å². The largest absolute Gasteiger partial charge is 0.338 e. The number of fused-ring (bicyclic) bond motifs is 1. The van der Waals surface area contributed by atoms with Gasteiger partial charge in [-0.3, -0.25) is 4.79 Å². The van der Waals surface area contributed by atoms with Crippen molar-refractivity contribution in [2.75, 3.05) is 13.1 Å². The number of rotatable bonds is 3. The van der Waals surface area contributed by atoms with E-state index in [4.69, 9.17) is 0 Å². The van der Waals surface area contributed by atoms with Gasteiger partial charge in [-0.25, -0.2) is 0 Å². The lowest BCUT2D eigenvalue weighted by Gasteiger charge is -2.26. The third kappa shape index (κ3) is 1.60. The van der Waals surface area contributed by atoms with Crippen molar-refractivity contribution in [1.29, 1.82) is 0 Å². The summed E-state index contributed by atoms with van der Waals surface area (Å²) in [6.45, 7) is 5.33. The van der Waals surface area contributed by atoms with E-state index in [0.29, 0.717) is 0 Å². The summed E-state index contributed by atoms with van der Waals surface area (Å²) in [5.74, 6) is 0.189. The Hall–Kier alpha value is -1.09. The highest BCUT2D eigenvalue weighted by molar-refractivity contribution is 7.10. The molecule has 0 N–H and O–H groups in total. The summed E-state index contributed by atoms with van der Waals surface area (Å²) >= 11 is 1.69. The van der Waals surface area contributed by atoms with Crippen LogP contribution >= 0.6 is 11.3 Å². The summed E-state index contributed by atoms with van der Waals surface area (Å²) in [4.78, 5) is 15.0. The number of hydrogen-bond acceptors (Lipinski definition) is 2. The molecule has 0 spiro atoms. The third-order valence-corrected chi connectivity index (χ3v) is 3.46. The lowest BCUT2D eigenvalue weighted by molar-refractivity contribution is 0.0745. The maximum atomic E-state index is 11.9. The molecule has 0 aromatic carbocycles. The first kappa shape index (κ1) is 9.46. The minimum absolute atomic E-state index is 0.189. The number of thiophene rings is 1. The zero-order valence-corrected chi connectivity index (χ0v) is 8.85. The molecule has 3 heteroatoms. The molecule has 0 unspecified atom stereocenters. The van der Waals surface area contributed by atoms with Crippen LogP contribution in [0.3, 0.4) is 0 Å². The van der Waals surface area contributed by atoms with Crippen molar-refractivity contribution in [3.63, 3.8) is 0 Å². The predicted molar refractivity (Wildman–Crippen MR) is 58.7 cm³/mol. The zero-order valence-electron chi connectivity index (χ0n) is 8.03. The molecule has 14 heavy (non-hydrogen) atoms. The molecule has 0 radical (unpaired) electrons. The monoisotopic (exact) mass is 207 g/mol. The van der Waals surface area contributed by atoms with Gasteiger partial charge in [0.25, 0.3) is 5.91 Å². The average molecular weight is 207 g/mol. The van der Waals surface area contributed by atoms with Gasteiger partial charge in [0.05, 0.1) is 5.56 Å². The lowest BCUT2D eigenvalue weighted by atomic mass is 10.1. The van der Waals surface area contributed by atoms with Crippen molar-refractivity contribution in [2.45, 2.75) is 12.8 Å². The van der Waals surface area contributed by atoms with Crippen molar-refractivity contribution in [2.24, 2.45) is 0 Å². The van der Waals surface area contributed by atoms with Crippen molar-refractivity contribution in [1.82, 2.24) is 4.90 Å². The predicted octanol–water partition coefficient (Wildman–Crippen LogP) is 2.32. The Labute approximate surface area is 87.9 Å². The van der Waals surface area contributed by atoms with E-state index in [-0.39, 0.29) is 5.91 Å². The molecule has 0 fully saturated rings. The Morgan fingerprint density at radius 3 is 3.29 bits per heavy atom. The summed E-state index contributed by atoms with van der Waals surface area (Å²) in [5.41, 5.74) is 0.908. The van der Waals surface area contributed by atoms with Crippen LogP contribution in [0.5, 0.6) is 0 Å². The first-order valence-electron chi connectivity index (χ1n) is 4.79. The fourth-order valence-electron chi connectivity index (χ4n) is 1.69. The normalized spacial score (nSPS) is 15.4. The van der Waals surface area contributed by atoms with Crippen LogP contribution in [0.25, 0.3) is 0 Å². The minimum Gasteiger partial charge on any atom is -0.338 e. The van der Waals surface area contributed by atoms with Crippen LogP contribution in [0.15, 0.2) is 24.1 Å². The van der Waals surface area contributed by atoms with Gasteiger partial charge < -0.3 is 4.90 Å². The summed E-state index contributed by atoms with van der Waals surface area (Å²) in [7, 11) is 0. The standard InChI is InChI=1S/C11H13NOS/c1-2-3-6-12-7-4-10-9(11(12)13)5-8-14-10/h2,5,8H,1,3-4,6-7H2. The first-order chi connectivity index (χ1) is 6.83. The van der Waals surface area contributed by atoms with E-state index in [9.17, 15) is 4.79 Å². The quantitative estimate of drug-likeness (QED) is 0.697. The Morgan fingerprint density at radius 1 is 1.64 bits per heavy atom. The number of carbonyl (C=O) groups excluding carboxylic acids is 1. The topological polar surface area (TPSA) is 20.3 Å². The van der Waals surface area contributed by atoms with Gasteiger partial charge in [0.2, 0.25) is 0 Å². The SMILES string of the molecule is C=CCCN1CCc2sccc2C1=O. The second-order valence-corrected chi connectivity index (χ2v) is 4.38. The lowest BCUT2D eigenvalue weighted by Crippen LogP contribution is -2.37. The Balaban J connectivity index is 2.13. The fourth-order valence-corrected chi connectivity index (χ4v) is 2.55. The summed E-state index contributed by atoms with van der Waals surface area (Å²) < 4.78 is 0. The third-order valence-electron chi connectivity index (χ3n) is 2.47. The van der Waals surface area contributed by atoms with Crippen LogP contribution in [0, 0.1) is 0 Å². The van der Waals surface area contributed by atoms with Crippen LogP contribution in [-0.2, 0) is 6.42 Å². The van der Waals surface area contributed by atoms with Crippen LogP contribution in [-0.4, -0.2) is 23.9 Å². The average Bonchev–Trinajstić information content (AvgIpc) is 2.66. The number of hydrogen-bond donors (Lipinski definition) is 0. The summed E-state index contributed by atoms with van der Waals surface area (Å²) in [6.07, 6.45) is 3.75. The number of carbonyl (C=O) groups is 1. The van der Waals surface area contributed by atoms with E-state index in [1.54, 1.807) is 11.3 Å². The van der Waals surface area contributed by atoms with Gasteiger partial charge in [0, 0.05) is 24.4 Å². The molecule has 1 amide bonds. The van der Waals surface area contributed by atoms with Gasteiger partial charge in [0.15, 0.2) is 0 Å². The summed E-state index contributed by atoms with van der Waals surface area (Å²) in [5, 5.41) is 2.00. The molecule has 0 bridgehead atoms. The van der Waals surface area contributed by atoms with Crippen LogP contribution < -0.4 is 0 Å². The number of nitrogens with zero attached hydrogens (tertiary/aromatic N) is 1. The Morgan fingerprint density at radius 2 is 2.50 bits per heavy atom. The molecule has 1 aliphatic rings. The van der Waals surface area contributed by atoms with Gasteiger partial charge in [-0.1, -0.05) is 6.08 Å². The van der Waals surface area contributed by atoms with Gasteiger partial charge >= 0.3 is 0 Å². The molecule has 1 aliphatic heterocycles. The molecule has 2 heterocycles. The highest BCUT2D eigenvalue weighted by atomic mass is 32.1. The van der Waals surface area contributed by atoms with Gasteiger partial charge in [-0.2, -0.15) is 0 Å². The maximum absolute atomic E-state index is 11.9. The van der Waals surface area contributed by atoms with E-state index in [2.05, 4.69) is 6.58 Å². The second kappa shape index (κ2) is 3.96. The molecule has 1 aromatic heterocycles. The van der Waals surface area contributed by atoms with Crippen LogP contribution in [0.4, 0.5) is 0 Å². The zero-order chi connectivity index (χ0) is 9.97. The smallest absolute Gasteiger partial charge is 0.255 e. The highest BCUT2D eigenvalue weighted by Gasteiger charge is 2.24. The number of amides is 1. The molecular formula is C11H13NOS. The van der Waals surface area contributed by atoms with E-state index in [1.165, 1.54) is 4.88 Å². The van der Waals surface area contributed by atoms with Crippen molar-refractivity contribution in [3.8, 4) is 0 Å². The molecule has 0 aliphatic carbocycles. The maximum Gasteiger partial charge on any atom is 0.255 e. The molecule has 2 nitrogen and oxygen atoms in total. The van der Waals surface area contributed by atoms with E-state index in [1.807, 2.05) is 22.4 Å². The van der Waals surface area contributed by atoms with Crippen LogP contribution in [0.2, 0.25) is 0 Å². The molecule has 0 saturated carbocycles. The molecule has 74 valence electrons. The molecule has 0 atom stereocenters. The second-order valence-electron chi connectivity index (χ2n) is 3.38. The van der Waals surface area contributed by atoms with Gasteiger partial charge in [0.1, 0.15) is 0 Å². The first-order valence-corrected chi connectivity index (χ1v) is 5.67. The van der Waals surface area contributed by atoms with E-state index < -0.39 is 0 Å².